The molecule has 1 amide bonds. The van der Waals surface area contributed by atoms with Gasteiger partial charge in [0, 0.05) is 29.0 Å². The minimum absolute atomic E-state index is 0.0253. The number of hydrogen-bond donors (Lipinski definition) is 2. The molecule has 0 radical (unpaired) electrons. The molecule has 0 saturated heterocycles. The molecule has 3 aromatic carbocycles. The quantitative estimate of drug-likeness (QED) is 0.272. The van der Waals surface area contributed by atoms with Crippen molar-refractivity contribution in [1.82, 2.24) is 10.3 Å². The van der Waals surface area contributed by atoms with E-state index in [1.165, 1.54) is 11.8 Å². The van der Waals surface area contributed by atoms with Crippen molar-refractivity contribution in [2.75, 3.05) is 5.32 Å². The molecule has 1 heterocycles. The Morgan fingerprint density at radius 2 is 1.94 bits per heavy atom. The van der Waals surface area contributed by atoms with E-state index in [1.54, 1.807) is 17.4 Å². The SMILES string of the molecule is Cc1ccc2nc(-c3ccc(N/C=C(/C#N)C(=O)NCc4ccccc4Cl)cc3)sc2c1. The number of aromatic nitrogens is 1. The summed E-state index contributed by atoms with van der Waals surface area (Å²) < 4.78 is 1.16. The first-order valence-electron chi connectivity index (χ1n) is 9.89. The highest BCUT2D eigenvalue weighted by atomic mass is 35.5. The molecular formula is C25H19ClN4OS. The number of nitrogens with zero attached hydrogens (tertiary/aromatic N) is 2. The Kier molecular flexibility index (Phi) is 6.50. The van der Waals surface area contributed by atoms with Crippen LogP contribution in [-0.2, 0) is 11.3 Å². The molecule has 2 N–H and O–H groups in total. The fourth-order valence-corrected chi connectivity index (χ4v) is 4.35. The van der Waals surface area contributed by atoms with Gasteiger partial charge >= 0.3 is 0 Å². The topological polar surface area (TPSA) is 77.8 Å². The van der Waals surface area contributed by atoms with Crippen molar-refractivity contribution < 1.29 is 4.79 Å². The summed E-state index contributed by atoms with van der Waals surface area (Å²) >= 11 is 7.75. The zero-order valence-corrected chi connectivity index (χ0v) is 18.8. The van der Waals surface area contributed by atoms with E-state index in [-0.39, 0.29) is 12.1 Å². The molecule has 4 rings (SSSR count). The van der Waals surface area contributed by atoms with Crippen LogP contribution in [0.1, 0.15) is 11.1 Å². The Morgan fingerprint density at radius 3 is 2.69 bits per heavy atom. The fourth-order valence-electron chi connectivity index (χ4n) is 3.08. The lowest BCUT2D eigenvalue weighted by atomic mass is 10.2. The van der Waals surface area contributed by atoms with Crippen LogP contribution in [0, 0.1) is 18.3 Å². The van der Waals surface area contributed by atoms with Gasteiger partial charge in [0.15, 0.2) is 0 Å². The second-order valence-electron chi connectivity index (χ2n) is 7.16. The van der Waals surface area contributed by atoms with Crippen molar-refractivity contribution in [2.45, 2.75) is 13.5 Å². The van der Waals surface area contributed by atoms with E-state index in [9.17, 15) is 10.1 Å². The van der Waals surface area contributed by atoms with Crippen LogP contribution in [0.5, 0.6) is 0 Å². The van der Waals surface area contributed by atoms with Crippen molar-refractivity contribution in [3.05, 3.63) is 94.7 Å². The van der Waals surface area contributed by atoms with Gasteiger partial charge in [-0.05, 0) is 60.5 Å². The first kappa shape index (κ1) is 21.6. The van der Waals surface area contributed by atoms with Gasteiger partial charge in [-0.25, -0.2) is 4.98 Å². The summed E-state index contributed by atoms with van der Waals surface area (Å²) in [6.07, 6.45) is 1.40. The lowest BCUT2D eigenvalue weighted by Crippen LogP contribution is -2.24. The number of halogens is 1. The van der Waals surface area contributed by atoms with Crippen LogP contribution in [0.15, 0.2) is 78.5 Å². The van der Waals surface area contributed by atoms with Crippen LogP contribution in [0.4, 0.5) is 5.69 Å². The smallest absolute Gasteiger partial charge is 0.263 e. The molecule has 0 aliphatic rings. The summed E-state index contributed by atoms with van der Waals surface area (Å²) in [5.41, 5.74) is 4.73. The minimum Gasteiger partial charge on any atom is -0.360 e. The van der Waals surface area contributed by atoms with Crippen LogP contribution in [-0.4, -0.2) is 10.9 Å². The van der Waals surface area contributed by atoms with E-state index in [0.29, 0.717) is 5.02 Å². The first-order chi connectivity index (χ1) is 15.5. The van der Waals surface area contributed by atoms with Crippen LogP contribution in [0.3, 0.4) is 0 Å². The van der Waals surface area contributed by atoms with Gasteiger partial charge in [-0.15, -0.1) is 11.3 Å². The third-order valence-electron chi connectivity index (χ3n) is 4.82. The number of thiazole rings is 1. The summed E-state index contributed by atoms with van der Waals surface area (Å²) in [6.45, 7) is 2.31. The number of rotatable bonds is 6. The summed E-state index contributed by atoms with van der Waals surface area (Å²) in [7, 11) is 0. The number of anilines is 1. The monoisotopic (exact) mass is 458 g/mol. The highest BCUT2D eigenvalue weighted by Gasteiger charge is 2.10. The van der Waals surface area contributed by atoms with Crippen molar-refractivity contribution in [2.24, 2.45) is 0 Å². The molecule has 0 spiro atoms. The van der Waals surface area contributed by atoms with Crippen LogP contribution in [0.2, 0.25) is 5.02 Å². The average Bonchev–Trinajstić information content (AvgIpc) is 3.22. The zero-order chi connectivity index (χ0) is 22.5. The number of nitrogens with one attached hydrogen (secondary N) is 2. The minimum atomic E-state index is -0.471. The van der Waals surface area contributed by atoms with Crippen molar-refractivity contribution >= 4 is 44.7 Å². The average molecular weight is 459 g/mol. The number of carbonyl (C=O) groups excluding carboxylic acids is 1. The van der Waals surface area contributed by atoms with Crippen molar-refractivity contribution in [3.63, 3.8) is 0 Å². The van der Waals surface area contributed by atoms with E-state index in [1.807, 2.05) is 54.6 Å². The third kappa shape index (κ3) is 4.97. The van der Waals surface area contributed by atoms with Gasteiger partial charge in [0.05, 0.1) is 10.2 Å². The van der Waals surface area contributed by atoms with Gasteiger partial charge in [-0.3, -0.25) is 4.79 Å². The van der Waals surface area contributed by atoms with Crippen molar-refractivity contribution in [1.29, 1.82) is 5.26 Å². The standard InChI is InChI=1S/C25H19ClN4OS/c1-16-6-11-22-23(12-16)32-25(30-22)17-7-9-20(10-8-17)28-15-19(13-27)24(31)29-14-18-4-2-3-5-21(18)26/h2-12,15,28H,14H2,1H3,(H,29,31)/b19-15-. The van der Waals surface area contributed by atoms with Crippen LogP contribution >= 0.6 is 22.9 Å². The normalized spacial score (nSPS) is 11.2. The molecule has 1 aromatic heterocycles. The second kappa shape index (κ2) is 9.65. The molecule has 0 aliphatic heterocycles. The maximum absolute atomic E-state index is 12.3. The lowest BCUT2D eigenvalue weighted by molar-refractivity contribution is -0.117. The van der Waals surface area contributed by atoms with Crippen LogP contribution in [0.25, 0.3) is 20.8 Å². The number of hydrogen-bond acceptors (Lipinski definition) is 5. The van der Waals surface area contributed by atoms with Crippen molar-refractivity contribution in [3.8, 4) is 16.6 Å². The number of nitriles is 1. The predicted octanol–water partition coefficient (Wildman–Crippen LogP) is 6.06. The summed E-state index contributed by atoms with van der Waals surface area (Å²) in [5.74, 6) is -0.471. The molecule has 5 nitrogen and oxygen atoms in total. The summed E-state index contributed by atoms with van der Waals surface area (Å²) in [5, 5.41) is 16.6. The highest BCUT2D eigenvalue weighted by molar-refractivity contribution is 7.21. The molecular weight excluding hydrogens is 440 g/mol. The van der Waals surface area contributed by atoms with Gasteiger partial charge in [-0.2, -0.15) is 5.26 Å². The number of benzene rings is 3. The highest BCUT2D eigenvalue weighted by Crippen LogP contribution is 2.31. The van der Waals surface area contributed by atoms with E-state index < -0.39 is 5.91 Å². The zero-order valence-electron chi connectivity index (χ0n) is 17.2. The van der Waals surface area contributed by atoms with Gasteiger partial charge in [0.2, 0.25) is 0 Å². The van der Waals surface area contributed by atoms with Gasteiger partial charge in [-0.1, -0.05) is 35.9 Å². The third-order valence-corrected chi connectivity index (χ3v) is 6.26. The Morgan fingerprint density at radius 1 is 1.16 bits per heavy atom. The maximum atomic E-state index is 12.3. The molecule has 0 aliphatic carbocycles. The molecule has 32 heavy (non-hydrogen) atoms. The molecule has 158 valence electrons. The van der Waals surface area contributed by atoms with E-state index in [0.717, 1.165) is 32.0 Å². The summed E-state index contributed by atoms with van der Waals surface area (Å²) in [4.78, 5) is 17.0. The molecule has 0 fully saturated rings. The van der Waals surface area contributed by atoms with Gasteiger partial charge in [0.1, 0.15) is 16.6 Å². The number of carbonyl (C=O) groups is 1. The Labute approximate surface area is 195 Å². The summed E-state index contributed by atoms with van der Waals surface area (Å²) in [6, 6.07) is 23.1. The van der Waals surface area contributed by atoms with Gasteiger partial charge in [0.25, 0.3) is 5.91 Å². The Hall–Kier alpha value is -3.66. The molecule has 0 atom stereocenters. The predicted molar refractivity (Wildman–Crippen MR) is 130 cm³/mol. The van der Waals surface area contributed by atoms with Gasteiger partial charge < -0.3 is 10.6 Å². The van der Waals surface area contributed by atoms with Crippen LogP contribution < -0.4 is 10.6 Å². The maximum Gasteiger partial charge on any atom is 0.263 e. The molecule has 0 bridgehead atoms. The number of amides is 1. The number of aryl methyl sites for hydroxylation is 1. The molecule has 7 heteroatoms. The largest absolute Gasteiger partial charge is 0.360 e. The van der Waals surface area contributed by atoms with E-state index in [2.05, 4.69) is 29.7 Å². The number of fused-ring (bicyclic) bond motifs is 1. The second-order valence-corrected chi connectivity index (χ2v) is 8.59. The molecule has 0 unspecified atom stereocenters. The molecule has 4 aromatic rings. The Bertz CT molecular complexity index is 1350. The van der Waals surface area contributed by atoms with E-state index >= 15 is 0 Å². The molecule has 0 saturated carbocycles. The van der Waals surface area contributed by atoms with E-state index in [4.69, 9.17) is 16.6 Å². The first-order valence-corrected chi connectivity index (χ1v) is 11.1. The fraction of sp³-hybridized carbons (Fsp3) is 0.0800. The Balaban J connectivity index is 1.41. The lowest BCUT2D eigenvalue weighted by Gasteiger charge is -2.07.